The van der Waals surface area contributed by atoms with Crippen molar-refractivity contribution in [2.45, 2.75) is 37.6 Å². The Morgan fingerprint density at radius 2 is 2.10 bits per heavy atom. The maximum atomic E-state index is 12.8. The lowest BCUT2D eigenvalue weighted by molar-refractivity contribution is -0.144. The van der Waals surface area contributed by atoms with Gasteiger partial charge in [0.25, 0.3) is 0 Å². The predicted molar refractivity (Wildman–Crippen MR) is 82.6 cm³/mol. The Morgan fingerprint density at radius 3 is 2.67 bits per heavy atom. The smallest absolute Gasteiger partial charge is 0.322 e. The molecule has 0 aliphatic carbocycles. The van der Waals surface area contributed by atoms with Crippen LogP contribution < -0.4 is 0 Å². The molecule has 0 bridgehead atoms. The zero-order valence-electron chi connectivity index (χ0n) is 11.9. The highest BCUT2D eigenvalue weighted by atomic mass is 79.9. The molecule has 2 atom stereocenters. The van der Waals surface area contributed by atoms with E-state index >= 15 is 0 Å². The third-order valence-electron chi connectivity index (χ3n) is 3.88. The number of aryl methyl sites for hydroxylation is 1. The van der Waals surface area contributed by atoms with E-state index in [1.807, 2.05) is 0 Å². The fraction of sp³-hybridized carbons (Fsp3) is 0.500. The van der Waals surface area contributed by atoms with E-state index in [0.29, 0.717) is 6.42 Å². The van der Waals surface area contributed by atoms with Gasteiger partial charge in [-0.3, -0.25) is 4.79 Å². The first kappa shape index (κ1) is 16.5. The van der Waals surface area contributed by atoms with Crippen LogP contribution in [0.15, 0.2) is 27.6 Å². The fourth-order valence-electron chi connectivity index (χ4n) is 2.70. The molecule has 2 rings (SSSR count). The lowest BCUT2D eigenvalue weighted by atomic mass is 9.93. The highest BCUT2D eigenvalue weighted by molar-refractivity contribution is 9.10. The topological polar surface area (TPSA) is 74.7 Å². The lowest BCUT2D eigenvalue weighted by Crippen LogP contribution is -2.51. The van der Waals surface area contributed by atoms with Crippen molar-refractivity contribution < 1.29 is 18.3 Å². The number of hydrogen-bond acceptors (Lipinski definition) is 3. The summed E-state index contributed by atoms with van der Waals surface area (Å²) in [6.07, 6.45) is 1.40. The van der Waals surface area contributed by atoms with Crippen LogP contribution in [0.25, 0.3) is 0 Å². The second-order valence-electron chi connectivity index (χ2n) is 5.43. The molecule has 5 nitrogen and oxygen atoms in total. The van der Waals surface area contributed by atoms with Gasteiger partial charge in [0.05, 0.1) is 4.90 Å². The van der Waals surface area contributed by atoms with Crippen LogP contribution in [0, 0.1) is 12.8 Å². The van der Waals surface area contributed by atoms with Crippen molar-refractivity contribution in [3.63, 3.8) is 0 Å². The van der Waals surface area contributed by atoms with Gasteiger partial charge in [0, 0.05) is 11.0 Å². The van der Waals surface area contributed by atoms with Crippen molar-refractivity contribution in [1.82, 2.24) is 4.31 Å². The van der Waals surface area contributed by atoms with Crippen molar-refractivity contribution in [3.8, 4) is 0 Å². The third kappa shape index (κ3) is 3.14. The number of hydrogen-bond donors (Lipinski definition) is 1. The lowest BCUT2D eigenvalue weighted by Gasteiger charge is -2.36. The Hall–Kier alpha value is -0.920. The molecule has 0 amide bonds. The van der Waals surface area contributed by atoms with Gasteiger partial charge in [0.1, 0.15) is 6.04 Å². The van der Waals surface area contributed by atoms with Gasteiger partial charge in [-0.05, 0) is 49.4 Å². The molecule has 1 aromatic rings. The minimum Gasteiger partial charge on any atom is -0.480 e. The Bertz CT molecular complexity index is 659. The number of sulfonamides is 1. The Kier molecular flexibility index (Phi) is 4.75. The summed E-state index contributed by atoms with van der Waals surface area (Å²) in [5, 5.41) is 9.37. The second kappa shape index (κ2) is 6.06. The number of rotatable bonds is 3. The maximum Gasteiger partial charge on any atom is 0.322 e. The molecule has 0 aromatic heterocycles. The Balaban J connectivity index is 2.45. The normalized spacial score (nSPS) is 24.0. The first-order valence-corrected chi connectivity index (χ1v) is 8.99. The van der Waals surface area contributed by atoms with Crippen LogP contribution in [0.3, 0.4) is 0 Å². The number of nitrogens with zero attached hydrogens (tertiary/aromatic N) is 1. The Labute approximate surface area is 133 Å². The van der Waals surface area contributed by atoms with Gasteiger partial charge < -0.3 is 5.11 Å². The summed E-state index contributed by atoms with van der Waals surface area (Å²) in [5.74, 6) is -1.28. The van der Waals surface area contributed by atoms with Crippen LogP contribution in [-0.4, -0.2) is 36.4 Å². The molecule has 1 aliphatic heterocycles. The molecule has 0 spiro atoms. The van der Waals surface area contributed by atoms with E-state index in [0.717, 1.165) is 20.8 Å². The van der Waals surface area contributed by atoms with E-state index in [-0.39, 0.29) is 17.4 Å². The van der Waals surface area contributed by atoms with E-state index in [1.54, 1.807) is 26.0 Å². The van der Waals surface area contributed by atoms with Gasteiger partial charge in [-0.15, -0.1) is 0 Å². The van der Waals surface area contributed by atoms with E-state index < -0.39 is 22.0 Å². The van der Waals surface area contributed by atoms with Crippen LogP contribution in [0.1, 0.15) is 25.3 Å². The standard InChI is InChI=1S/C14H18BrNO4S/c1-9-4-3-7-16(13(9)14(17)18)21(19,20)11-5-6-12(15)10(2)8-11/h5-6,8-9,13H,3-4,7H2,1-2H3,(H,17,18). The van der Waals surface area contributed by atoms with Crippen LogP contribution in [0.2, 0.25) is 0 Å². The first-order chi connectivity index (χ1) is 9.75. The SMILES string of the molecule is Cc1cc(S(=O)(=O)N2CCCC(C)C2C(=O)O)ccc1Br. The number of carboxylic acids is 1. The zero-order chi connectivity index (χ0) is 15.8. The average molecular weight is 376 g/mol. The summed E-state index contributed by atoms with van der Waals surface area (Å²) in [6.45, 7) is 3.84. The monoisotopic (exact) mass is 375 g/mol. The minimum absolute atomic E-state index is 0.142. The fourth-order valence-corrected chi connectivity index (χ4v) is 4.75. The highest BCUT2D eigenvalue weighted by Crippen LogP contribution is 2.30. The van der Waals surface area contributed by atoms with Crippen molar-refractivity contribution >= 4 is 31.9 Å². The molecule has 1 heterocycles. The quantitative estimate of drug-likeness (QED) is 0.880. The van der Waals surface area contributed by atoms with Crippen molar-refractivity contribution in [3.05, 3.63) is 28.2 Å². The van der Waals surface area contributed by atoms with E-state index in [1.165, 1.54) is 6.07 Å². The van der Waals surface area contributed by atoms with Crippen molar-refractivity contribution in [2.24, 2.45) is 5.92 Å². The molecule has 0 saturated carbocycles. The average Bonchev–Trinajstić information content (AvgIpc) is 2.41. The summed E-state index contributed by atoms with van der Waals surface area (Å²) in [7, 11) is -3.80. The summed E-state index contributed by atoms with van der Waals surface area (Å²) in [5.41, 5.74) is 0.799. The van der Waals surface area contributed by atoms with Gasteiger partial charge in [0.15, 0.2) is 0 Å². The molecule has 1 saturated heterocycles. The summed E-state index contributed by atoms with van der Waals surface area (Å²) in [4.78, 5) is 11.6. The number of halogens is 1. The number of aliphatic carboxylic acids is 1. The minimum atomic E-state index is -3.80. The molecular weight excluding hydrogens is 358 g/mol. The molecule has 0 radical (unpaired) electrons. The van der Waals surface area contributed by atoms with E-state index in [9.17, 15) is 18.3 Å². The van der Waals surface area contributed by atoms with Gasteiger partial charge in [-0.1, -0.05) is 22.9 Å². The zero-order valence-corrected chi connectivity index (χ0v) is 14.3. The summed E-state index contributed by atoms with van der Waals surface area (Å²) < 4.78 is 27.5. The van der Waals surface area contributed by atoms with Crippen LogP contribution in [0.5, 0.6) is 0 Å². The number of carboxylic acid groups (broad SMARTS) is 1. The molecular formula is C14H18BrNO4S. The molecule has 1 aromatic carbocycles. The van der Waals surface area contributed by atoms with Crippen LogP contribution in [0.4, 0.5) is 0 Å². The maximum absolute atomic E-state index is 12.8. The van der Waals surface area contributed by atoms with Crippen molar-refractivity contribution in [1.29, 1.82) is 0 Å². The highest BCUT2D eigenvalue weighted by Gasteiger charge is 2.41. The summed E-state index contributed by atoms with van der Waals surface area (Å²) in [6, 6.07) is 3.75. The van der Waals surface area contributed by atoms with Crippen LogP contribution in [-0.2, 0) is 14.8 Å². The van der Waals surface area contributed by atoms with E-state index in [2.05, 4.69) is 15.9 Å². The largest absolute Gasteiger partial charge is 0.480 e. The molecule has 2 unspecified atom stereocenters. The van der Waals surface area contributed by atoms with Gasteiger partial charge in [-0.2, -0.15) is 4.31 Å². The molecule has 21 heavy (non-hydrogen) atoms. The Morgan fingerprint density at radius 1 is 1.43 bits per heavy atom. The number of carbonyl (C=O) groups is 1. The molecule has 116 valence electrons. The molecule has 1 fully saturated rings. The van der Waals surface area contributed by atoms with E-state index in [4.69, 9.17) is 0 Å². The second-order valence-corrected chi connectivity index (χ2v) is 8.17. The van der Waals surface area contributed by atoms with Gasteiger partial charge in [0.2, 0.25) is 10.0 Å². The van der Waals surface area contributed by atoms with Crippen LogP contribution >= 0.6 is 15.9 Å². The first-order valence-electron chi connectivity index (χ1n) is 6.76. The molecule has 1 aliphatic rings. The van der Waals surface area contributed by atoms with Gasteiger partial charge in [-0.25, -0.2) is 8.42 Å². The predicted octanol–water partition coefficient (Wildman–Crippen LogP) is 2.63. The third-order valence-corrected chi connectivity index (χ3v) is 6.64. The number of benzene rings is 1. The number of piperidine rings is 1. The summed E-state index contributed by atoms with van der Waals surface area (Å²) >= 11 is 3.33. The van der Waals surface area contributed by atoms with Crippen molar-refractivity contribution in [2.75, 3.05) is 6.54 Å². The molecule has 7 heteroatoms. The molecule has 1 N–H and O–H groups in total. The van der Waals surface area contributed by atoms with Gasteiger partial charge >= 0.3 is 5.97 Å².